The van der Waals surface area contributed by atoms with Crippen molar-refractivity contribution in [3.8, 4) is 0 Å². The number of aliphatic carboxylic acids is 1. The van der Waals surface area contributed by atoms with Crippen LogP contribution < -0.4 is 10.8 Å². The molecule has 20 heavy (non-hydrogen) atoms. The number of hydrogen-bond acceptors (Lipinski definition) is 6. The van der Waals surface area contributed by atoms with Gasteiger partial charge in [-0.15, -0.1) is 0 Å². The third kappa shape index (κ3) is 4.04. The molecule has 0 atom stereocenters. The summed E-state index contributed by atoms with van der Waals surface area (Å²) in [5, 5.41) is 39.6. The Morgan fingerprint density at radius 2 is 1.95 bits per heavy atom. The molecule has 0 spiro atoms. The van der Waals surface area contributed by atoms with Gasteiger partial charge in [-0.2, -0.15) is 0 Å². The minimum absolute atomic E-state index is 0.226. The van der Waals surface area contributed by atoms with Crippen LogP contribution in [0.4, 0.5) is 11.4 Å². The zero-order valence-electron chi connectivity index (χ0n) is 10.1. The summed E-state index contributed by atoms with van der Waals surface area (Å²) in [7, 11) is -2.06. The van der Waals surface area contributed by atoms with E-state index in [-0.39, 0.29) is 17.6 Å². The largest absolute Gasteiger partial charge is 0.495 e. The molecule has 0 aliphatic rings. The molecule has 0 aliphatic heterocycles. The van der Waals surface area contributed by atoms with Gasteiger partial charge in [0.2, 0.25) is 5.91 Å². The molecule has 0 unspecified atom stereocenters. The van der Waals surface area contributed by atoms with Gasteiger partial charge >= 0.3 is 13.1 Å². The molecule has 0 saturated carbocycles. The molecule has 0 aromatic heterocycles. The van der Waals surface area contributed by atoms with Gasteiger partial charge in [0.1, 0.15) is 5.69 Å². The van der Waals surface area contributed by atoms with Crippen LogP contribution >= 0.6 is 0 Å². The first-order valence-corrected chi connectivity index (χ1v) is 5.48. The summed E-state index contributed by atoms with van der Waals surface area (Å²) in [6, 6.07) is 3.65. The number of anilines is 1. The van der Waals surface area contributed by atoms with E-state index < -0.39 is 36.0 Å². The van der Waals surface area contributed by atoms with Gasteiger partial charge in [-0.25, -0.2) is 0 Å². The third-order valence-corrected chi connectivity index (χ3v) is 2.37. The topological polar surface area (TPSA) is 150 Å². The number of hydrogen-bond donors (Lipinski definition) is 4. The number of nitrogens with one attached hydrogen (secondary N) is 1. The second kappa shape index (κ2) is 6.64. The van der Waals surface area contributed by atoms with Crippen LogP contribution in [0.2, 0.25) is 0 Å². The van der Waals surface area contributed by atoms with Gasteiger partial charge in [0, 0.05) is 6.42 Å². The van der Waals surface area contributed by atoms with Crippen LogP contribution in [-0.2, 0) is 9.59 Å². The fraction of sp³-hybridized carbons (Fsp3) is 0.200. The Morgan fingerprint density at radius 3 is 2.45 bits per heavy atom. The maximum atomic E-state index is 11.5. The molecular weight excluding hydrogens is 271 g/mol. The number of carboxylic acid groups (broad SMARTS) is 1. The average Bonchev–Trinajstić information content (AvgIpc) is 2.35. The number of rotatable bonds is 6. The summed E-state index contributed by atoms with van der Waals surface area (Å²) in [5.41, 5.74) is -1.24. The lowest BCUT2D eigenvalue weighted by Crippen LogP contribution is -2.32. The van der Waals surface area contributed by atoms with Crippen molar-refractivity contribution in [1.82, 2.24) is 0 Å². The van der Waals surface area contributed by atoms with E-state index in [1.54, 1.807) is 0 Å². The molecule has 0 heterocycles. The summed E-state index contributed by atoms with van der Waals surface area (Å²) < 4.78 is 0. The molecular formula is C10H11BN2O7. The molecule has 0 radical (unpaired) electrons. The SMILES string of the molecule is O=C(O)CCC(=O)Nc1cccc(B(O)O)c1[N+](=O)[O-]. The second-order valence-electron chi connectivity index (χ2n) is 3.82. The van der Waals surface area contributed by atoms with E-state index in [0.717, 1.165) is 6.07 Å². The second-order valence-corrected chi connectivity index (χ2v) is 3.82. The number of para-hydroxylation sites is 1. The lowest BCUT2D eigenvalue weighted by molar-refractivity contribution is -0.382. The van der Waals surface area contributed by atoms with E-state index in [1.807, 2.05) is 0 Å². The van der Waals surface area contributed by atoms with Crippen LogP contribution in [0, 0.1) is 10.1 Å². The van der Waals surface area contributed by atoms with Crippen molar-refractivity contribution in [3.05, 3.63) is 28.3 Å². The van der Waals surface area contributed by atoms with Crippen molar-refractivity contribution in [2.24, 2.45) is 0 Å². The van der Waals surface area contributed by atoms with Crippen molar-refractivity contribution in [2.75, 3.05) is 5.32 Å². The van der Waals surface area contributed by atoms with Gasteiger partial charge in [0.25, 0.3) is 5.69 Å². The minimum atomic E-state index is -2.06. The standard InChI is InChI=1S/C10H11BN2O7/c14-8(4-5-9(15)16)12-7-3-1-2-6(11(17)18)10(7)13(19)20/h1-3,17-18H,4-5H2,(H,12,14)(H,15,16). The number of carbonyl (C=O) groups excluding carboxylic acids is 1. The third-order valence-electron chi connectivity index (χ3n) is 2.37. The Hall–Kier alpha value is -2.46. The smallest absolute Gasteiger partial charge is 0.481 e. The first kappa shape index (κ1) is 15.6. The van der Waals surface area contributed by atoms with Crippen LogP contribution in [0.3, 0.4) is 0 Å². The molecule has 0 saturated heterocycles. The number of nitro benzene ring substituents is 1. The molecule has 106 valence electrons. The van der Waals surface area contributed by atoms with E-state index in [0.29, 0.717) is 0 Å². The predicted molar refractivity (Wildman–Crippen MR) is 68.4 cm³/mol. The van der Waals surface area contributed by atoms with Crippen molar-refractivity contribution in [3.63, 3.8) is 0 Å². The van der Waals surface area contributed by atoms with Crippen LogP contribution in [0.25, 0.3) is 0 Å². The zero-order valence-corrected chi connectivity index (χ0v) is 10.1. The molecule has 10 heteroatoms. The minimum Gasteiger partial charge on any atom is -0.481 e. The Bertz CT molecular complexity index is 546. The molecule has 9 nitrogen and oxygen atoms in total. The van der Waals surface area contributed by atoms with E-state index in [2.05, 4.69) is 5.32 Å². The molecule has 0 fully saturated rings. The van der Waals surface area contributed by atoms with Gasteiger partial charge in [0.05, 0.1) is 16.8 Å². The highest BCUT2D eigenvalue weighted by Gasteiger charge is 2.27. The first-order valence-electron chi connectivity index (χ1n) is 5.48. The van der Waals surface area contributed by atoms with Crippen LogP contribution in [-0.4, -0.2) is 39.1 Å². The van der Waals surface area contributed by atoms with E-state index in [1.165, 1.54) is 12.1 Å². The van der Waals surface area contributed by atoms with E-state index in [9.17, 15) is 19.7 Å². The van der Waals surface area contributed by atoms with E-state index >= 15 is 0 Å². The van der Waals surface area contributed by atoms with Gasteiger partial charge in [-0.1, -0.05) is 12.1 Å². The Labute approximate surface area is 113 Å². The zero-order chi connectivity index (χ0) is 15.3. The summed E-state index contributed by atoms with van der Waals surface area (Å²) in [4.78, 5) is 31.8. The van der Waals surface area contributed by atoms with Crippen LogP contribution in [0.1, 0.15) is 12.8 Å². The summed E-state index contributed by atoms with van der Waals surface area (Å²) in [6.07, 6.45) is -0.764. The predicted octanol–water partition coefficient (Wildman–Crippen LogP) is -0.922. The quantitative estimate of drug-likeness (QED) is 0.299. The van der Waals surface area contributed by atoms with Crippen molar-refractivity contribution >= 4 is 35.8 Å². The number of benzene rings is 1. The van der Waals surface area contributed by atoms with Gasteiger partial charge in [-0.3, -0.25) is 19.7 Å². The fourth-order valence-electron chi connectivity index (χ4n) is 1.51. The summed E-state index contributed by atoms with van der Waals surface area (Å²) in [5.74, 6) is -1.89. The molecule has 0 aliphatic carbocycles. The maximum absolute atomic E-state index is 11.5. The number of carboxylic acids is 1. The highest BCUT2D eigenvalue weighted by molar-refractivity contribution is 6.60. The highest BCUT2D eigenvalue weighted by Crippen LogP contribution is 2.22. The fourth-order valence-corrected chi connectivity index (χ4v) is 1.51. The molecule has 1 amide bonds. The number of nitrogens with zero attached hydrogens (tertiary/aromatic N) is 1. The first-order chi connectivity index (χ1) is 9.32. The van der Waals surface area contributed by atoms with E-state index in [4.69, 9.17) is 15.2 Å². The number of carbonyl (C=O) groups is 2. The Morgan fingerprint density at radius 1 is 1.30 bits per heavy atom. The lowest BCUT2D eigenvalue weighted by atomic mass is 9.78. The molecule has 0 bridgehead atoms. The normalized spacial score (nSPS) is 9.90. The van der Waals surface area contributed by atoms with Crippen molar-refractivity contribution < 1.29 is 29.7 Å². The monoisotopic (exact) mass is 282 g/mol. The van der Waals surface area contributed by atoms with Crippen LogP contribution in [0.15, 0.2) is 18.2 Å². The Kier molecular flexibility index (Phi) is 5.18. The molecule has 1 aromatic rings. The van der Waals surface area contributed by atoms with Gasteiger partial charge in [0.15, 0.2) is 0 Å². The molecule has 1 rings (SSSR count). The van der Waals surface area contributed by atoms with Crippen molar-refractivity contribution in [1.29, 1.82) is 0 Å². The van der Waals surface area contributed by atoms with Crippen LogP contribution in [0.5, 0.6) is 0 Å². The summed E-state index contributed by atoms with van der Waals surface area (Å²) in [6.45, 7) is 0. The lowest BCUT2D eigenvalue weighted by Gasteiger charge is -2.08. The number of nitro groups is 1. The highest BCUT2D eigenvalue weighted by atomic mass is 16.6. The van der Waals surface area contributed by atoms with Gasteiger partial charge < -0.3 is 20.5 Å². The number of amides is 1. The average molecular weight is 282 g/mol. The van der Waals surface area contributed by atoms with Crippen molar-refractivity contribution in [2.45, 2.75) is 12.8 Å². The summed E-state index contributed by atoms with van der Waals surface area (Å²) >= 11 is 0. The van der Waals surface area contributed by atoms with Gasteiger partial charge in [-0.05, 0) is 6.07 Å². The molecule has 1 aromatic carbocycles. The maximum Gasteiger partial charge on any atom is 0.495 e. The Balaban J connectivity index is 3.00. The molecule has 4 N–H and O–H groups in total.